The minimum Gasteiger partial charge on any atom is -0.595 e. The molecular formula is C16H15F3N2O3. The van der Waals surface area contributed by atoms with Crippen molar-refractivity contribution in [1.82, 2.24) is 4.68 Å². The lowest BCUT2D eigenvalue weighted by atomic mass is 9.86. The van der Waals surface area contributed by atoms with E-state index in [1.807, 2.05) is 0 Å². The van der Waals surface area contributed by atoms with E-state index in [0.717, 1.165) is 12.1 Å². The van der Waals surface area contributed by atoms with Crippen LogP contribution in [-0.2, 0) is 22.8 Å². The van der Waals surface area contributed by atoms with Gasteiger partial charge in [-0.2, -0.15) is 13.2 Å². The average molecular weight is 340 g/mol. The molecule has 0 bridgehead atoms. The molecule has 0 amide bonds. The fourth-order valence-corrected chi connectivity index (χ4v) is 2.84. The molecular weight excluding hydrogens is 325 g/mol. The zero-order valence-electron chi connectivity index (χ0n) is 13.3. The number of allylic oxidation sites excluding steroid dienone is 1. The van der Waals surface area contributed by atoms with Crippen molar-refractivity contribution in [3.8, 4) is 0 Å². The highest BCUT2D eigenvalue weighted by Gasteiger charge is 2.36. The maximum atomic E-state index is 13.0. The number of aromatic nitrogens is 2. The molecule has 1 aliphatic heterocycles. The van der Waals surface area contributed by atoms with Gasteiger partial charge in [0, 0.05) is 0 Å². The van der Waals surface area contributed by atoms with Crippen LogP contribution in [0.15, 0.2) is 24.3 Å². The van der Waals surface area contributed by atoms with E-state index >= 15 is 0 Å². The SMILES string of the molecule is Cn1c2ccc(C(F)(F)F)cc2c(C2=CC(C)(C)CC(=O)O2)[n+]1[O-]. The Morgan fingerprint density at radius 1 is 1.33 bits per heavy atom. The summed E-state index contributed by atoms with van der Waals surface area (Å²) in [6, 6.07) is 3.04. The first-order valence-corrected chi connectivity index (χ1v) is 7.23. The first-order chi connectivity index (χ1) is 11.0. The largest absolute Gasteiger partial charge is 0.595 e. The van der Waals surface area contributed by atoms with Crippen LogP contribution in [0.4, 0.5) is 13.2 Å². The average Bonchev–Trinajstić information content (AvgIpc) is 2.67. The topological polar surface area (TPSA) is 58.2 Å². The number of cyclic esters (lactones) is 1. The summed E-state index contributed by atoms with van der Waals surface area (Å²) in [5.74, 6) is -0.544. The fourth-order valence-electron chi connectivity index (χ4n) is 2.84. The van der Waals surface area contributed by atoms with E-state index in [1.165, 1.54) is 17.8 Å². The molecule has 0 spiro atoms. The van der Waals surface area contributed by atoms with Crippen molar-refractivity contribution in [3.05, 3.63) is 40.7 Å². The fraction of sp³-hybridized carbons (Fsp3) is 0.375. The van der Waals surface area contributed by atoms with Gasteiger partial charge >= 0.3 is 12.1 Å². The number of aryl methyl sites for hydroxylation is 1. The third-order valence-corrected chi connectivity index (χ3v) is 3.97. The molecule has 0 radical (unpaired) electrons. The summed E-state index contributed by atoms with van der Waals surface area (Å²) in [6.45, 7) is 3.57. The highest BCUT2D eigenvalue weighted by atomic mass is 19.4. The van der Waals surface area contributed by atoms with E-state index in [9.17, 15) is 23.2 Å². The summed E-state index contributed by atoms with van der Waals surface area (Å²) in [4.78, 5) is 12.2. The van der Waals surface area contributed by atoms with Crippen LogP contribution < -0.4 is 4.85 Å². The van der Waals surface area contributed by atoms with Crippen LogP contribution in [0, 0.1) is 10.6 Å². The monoisotopic (exact) mass is 340 g/mol. The molecule has 2 aromatic rings. The van der Waals surface area contributed by atoms with Crippen LogP contribution >= 0.6 is 0 Å². The summed E-state index contributed by atoms with van der Waals surface area (Å²) < 4.78 is 45.3. The number of carbonyl (C=O) groups is 1. The standard InChI is InChI=1S/C16H15F3N2O3/c1-15(2)7-12(24-13(22)8-15)14-10-6-9(16(17,18)19)4-5-11(10)20(3)21(14)23/h4-7H,8H2,1-3H3. The molecule has 0 atom stereocenters. The van der Waals surface area contributed by atoms with Crippen molar-refractivity contribution in [3.63, 3.8) is 0 Å². The maximum absolute atomic E-state index is 13.0. The molecule has 5 nitrogen and oxygen atoms in total. The quantitative estimate of drug-likeness (QED) is 0.455. The van der Waals surface area contributed by atoms with Crippen LogP contribution in [-0.4, -0.2) is 10.7 Å². The Labute approximate surface area is 135 Å². The molecule has 8 heteroatoms. The Balaban J connectivity index is 2.29. The number of esters is 1. The Morgan fingerprint density at radius 2 is 2.00 bits per heavy atom. The molecule has 128 valence electrons. The Morgan fingerprint density at radius 3 is 2.58 bits per heavy atom. The lowest BCUT2D eigenvalue weighted by Gasteiger charge is -2.24. The van der Waals surface area contributed by atoms with Gasteiger partial charge in [-0.3, -0.25) is 4.79 Å². The number of carbonyl (C=O) groups excluding carboxylic acids is 1. The smallest absolute Gasteiger partial charge is 0.416 e. The highest BCUT2D eigenvalue weighted by Crippen LogP contribution is 2.37. The number of alkyl halides is 3. The van der Waals surface area contributed by atoms with E-state index in [-0.39, 0.29) is 23.3 Å². The predicted octanol–water partition coefficient (Wildman–Crippen LogP) is 3.14. The molecule has 3 rings (SSSR count). The molecule has 1 aliphatic rings. The molecule has 0 fully saturated rings. The summed E-state index contributed by atoms with van der Waals surface area (Å²) >= 11 is 0. The third kappa shape index (κ3) is 2.61. The molecule has 0 saturated carbocycles. The first-order valence-electron chi connectivity index (χ1n) is 7.23. The van der Waals surface area contributed by atoms with Crippen molar-refractivity contribution < 1.29 is 27.5 Å². The third-order valence-electron chi connectivity index (χ3n) is 3.97. The molecule has 2 heterocycles. The van der Waals surface area contributed by atoms with Gasteiger partial charge in [0.1, 0.15) is 5.52 Å². The summed E-state index contributed by atoms with van der Waals surface area (Å²) in [7, 11) is 1.43. The lowest BCUT2D eigenvalue weighted by Crippen LogP contribution is -2.39. The van der Waals surface area contributed by atoms with Crippen LogP contribution in [0.25, 0.3) is 16.7 Å². The zero-order valence-corrected chi connectivity index (χ0v) is 13.3. The van der Waals surface area contributed by atoms with Gasteiger partial charge in [-0.05, 0) is 29.7 Å². The molecule has 0 N–H and O–H groups in total. The van der Waals surface area contributed by atoms with Crippen LogP contribution in [0.1, 0.15) is 31.5 Å². The summed E-state index contributed by atoms with van der Waals surface area (Å²) in [5.41, 5.74) is -1.21. The van der Waals surface area contributed by atoms with Crippen molar-refractivity contribution in [2.75, 3.05) is 0 Å². The van der Waals surface area contributed by atoms with Gasteiger partial charge in [-0.25, -0.2) is 0 Å². The van der Waals surface area contributed by atoms with Crippen molar-refractivity contribution in [1.29, 1.82) is 0 Å². The number of benzene rings is 1. The predicted molar refractivity (Wildman–Crippen MR) is 79.3 cm³/mol. The second-order valence-corrected chi connectivity index (χ2v) is 6.52. The maximum Gasteiger partial charge on any atom is 0.416 e. The second-order valence-electron chi connectivity index (χ2n) is 6.52. The van der Waals surface area contributed by atoms with Gasteiger partial charge in [-0.15, -0.1) is 4.68 Å². The van der Waals surface area contributed by atoms with Gasteiger partial charge in [0.15, 0.2) is 0 Å². The zero-order chi connectivity index (χ0) is 17.9. The first kappa shape index (κ1) is 16.4. The Hall–Kier alpha value is -2.51. The molecule has 24 heavy (non-hydrogen) atoms. The molecule has 1 aromatic carbocycles. The van der Waals surface area contributed by atoms with Crippen LogP contribution in [0.5, 0.6) is 0 Å². The Kier molecular flexibility index (Phi) is 3.40. The number of fused-ring (bicyclic) bond motifs is 1. The van der Waals surface area contributed by atoms with Crippen molar-refractivity contribution in [2.24, 2.45) is 12.5 Å². The van der Waals surface area contributed by atoms with Crippen LogP contribution in [0.3, 0.4) is 0 Å². The van der Waals surface area contributed by atoms with Gasteiger partial charge in [0.2, 0.25) is 5.76 Å². The normalized spacial score (nSPS) is 17.8. The molecule has 0 unspecified atom stereocenters. The van der Waals surface area contributed by atoms with Gasteiger partial charge in [0.05, 0.1) is 24.4 Å². The van der Waals surface area contributed by atoms with Crippen LogP contribution in [0.2, 0.25) is 0 Å². The van der Waals surface area contributed by atoms with E-state index in [4.69, 9.17) is 4.74 Å². The van der Waals surface area contributed by atoms with Gasteiger partial charge in [-0.1, -0.05) is 18.7 Å². The van der Waals surface area contributed by atoms with Crippen molar-refractivity contribution >= 4 is 22.6 Å². The number of ether oxygens (including phenoxy) is 1. The molecule has 0 saturated heterocycles. The Bertz CT molecular complexity index is 879. The number of halogens is 3. The molecule has 1 aromatic heterocycles. The number of rotatable bonds is 1. The van der Waals surface area contributed by atoms with E-state index < -0.39 is 23.1 Å². The van der Waals surface area contributed by atoms with E-state index in [2.05, 4.69) is 0 Å². The molecule has 0 aliphatic carbocycles. The lowest BCUT2D eigenvalue weighted by molar-refractivity contribution is -0.691. The number of nitrogens with zero attached hydrogens (tertiary/aromatic N) is 2. The van der Waals surface area contributed by atoms with E-state index in [1.54, 1.807) is 19.9 Å². The number of hydrogen-bond donors (Lipinski definition) is 0. The minimum atomic E-state index is -4.54. The minimum absolute atomic E-state index is 0.0174. The summed E-state index contributed by atoms with van der Waals surface area (Å²) in [5, 5.41) is 12.5. The van der Waals surface area contributed by atoms with E-state index in [0.29, 0.717) is 10.4 Å². The van der Waals surface area contributed by atoms with Crippen molar-refractivity contribution in [2.45, 2.75) is 26.4 Å². The summed E-state index contributed by atoms with van der Waals surface area (Å²) in [6.07, 6.45) is -2.81. The highest BCUT2D eigenvalue weighted by molar-refractivity contribution is 5.91. The number of hydrogen-bond acceptors (Lipinski definition) is 3. The van der Waals surface area contributed by atoms with Gasteiger partial charge < -0.3 is 9.94 Å². The van der Waals surface area contributed by atoms with Gasteiger partial charge in [0.25, 0.3) is 5.69 Å². The second kappa shape index (κ2) is 4.99.